The third kappa shape index (κ3) is 4.89. The number of likely N-dealkylation sites (N-methyl/N-ethyl adjacent to an activating group) is 1. The minimum atomic E-state index is -0.684. The fourth-order valence-corrected chi connectivity index (χ4v) is 3.81. The number of nitrogens with zero attached hydrogens (tertiary/aromatic N) is 3. The number of amides is 1. The molecule has 1 aliphatic heterocycles. The lowest BCUT2D eigenvalue weighted by Gasteiger charge is -2.28. The molecule has 1 amide bonds. The standard InChI is InChI=1S/C25H29N3O4/c1-4-17-32-20-9-7-19(8-10-20)23(29)21-22(18-11-13-26-14-12-18)28(25(31)24(21)30)16-15-27(5-2)6-3/h4,7-14,22,29H,1,5-6,15-17H2,2-3H3/t22-/m1/s1. The van der Waals surface area contributed by atoms with Gasteiger partial charge in [0, 0.05) is 31.0 Å². The van der Waals surface area contributed by atoms with Crippen molar-refractivity contribution in [1.82, 2.24) is 14.8 Å². The van der Waals surface area contributed by atoms with Gasteiger partial charge in [-0.3, -0.25) is 14.6 Å². The van der Waals surface area contributed by atoms with Crippen molar-refractivity contribution >= 4 is 17.4 Å². The summed E-state index contributed by atoms with van der Waals surface area (Å²) in [6.07, 6.45) is 4.87. The summed E-state index contributed by atoms with van der Waals surface area (Å²) >= 11 is 0. The second-order valence-corrected chi connectivity index (χ2v) is 7.42. The number of ether oxygens (including phenoxy) is 1. The van der Waals surface area contributed by atoms with Crippen molar-refractivity contribution in [1.29, 1.82) is 0 Å². The molecule has 2 heterocycles. The van der Waals surface area contributed by atoms with Crippen LogP contribution >= 0.6 is 0 Å². The molecule has 1 saturated heterocycles. The topological polar surface area (TPSA) is 83.0 Å². The van der Waals surface area contributed by atoms with Crippen LogP contribution in [0.5, 0.6) is 5.75 Å². The Morgan fingerprint density at radius 1 is 1.16 bits per heavy atom. The smallest absolute Gasteiger partial charge is 0.295 e. The molecule has 0 radical (unpaired) electrons. The van der Waals surface area contributed by atoms with Gasteiger partial charge in [0.1, 0.15) is 18.1 Å². The Balaban J connectivity index is 2.00. The molecule has 1 aliphatic rings. The van der Waals surface area contributed by atoms with Crippen LogP contribution in [0.1, 0.15) is 31.0 Å². The number of likely N-dealkylation sites (tertiary alicyclic amines) is 1. The van der Waals surface area contributed by atoms with E-state index in [4.69, 9.17) is 4.74 Å². The summed E-state index contributed by atoms with van der Waals surface area (Å²) in [6, 6.07) is 9.60. The minimum absolute atomic E-state index is 0.0838. The molecule has 7 heteroatoms. The normalized spacial score (nSPS) is 17.7. The third-order valence-corrected chi connectivity index (χ3v) is 5.61. The van der Waals surface area contributed by atoms with Gasteiger partial charge < -0.3 is 19.6 Å². The van der Waals surface area contributed by atoms with Gasteiger partial charge in [-0.05, 0) is 55.1 Å². The molecular weight excluding hydrogens is 406 g/mol. The highest BCUT2D eigenvalue weighted by molar-refractivity contribution is 6.46. The van der Waals surface area contributed by atoms with Crippen LogP contribution in [0.25, 0.3) is 5.76 Å². The molecule has 3 rings (SSSR count). The van der Waals surface area contributed by atoms with E-state index in [1.165, 1.54) is 0 Å². The van der Waals surface area contributed by atoms with E-state index in [1.54, 1.807) is 59.8 Å². The number of hydrogen-bond acceptors (Lipinski definition) is 6. The highest BCUT2D eigenvalue weighted by atomic mass is 16.5. The Labute approximate surface area is 188 Å². The number of aromatic nitrogens is 1. The molecule has 1 aromatic carbocycles. The van der Waals surface area contributed by atoms with Crippen molar-refractivity contribution in [2.45, 2.75) is 19.9 Å². The quantitative estimate of drug-likeness (QED) is 0.267. The molecule has 1 N–H and O–H groups in total. The highest BCUT2D eigenvalue weighted by Crippen LogP contribution is 2.39. The summed E-state index contributed by atoms with van der Waals surface area (Å²) in [6.45, 7) is 10.8. The fraction of sp³-hybridized carbons (Fsp3) is 0.320. The van der Waals surface area contributed by atoms with Gasteiger partial charge in [0.15, 0.2) is 0 Å². The Morgan fingerprint density at radius 3 is 2.41 bits per heavy atom. The van der Waals surface area contributed by atoms with Crippen LogP contribution in [0.4, 0.5) is 0 Å². The van der Waals surface area contributed by atoms with E-state index in [-0.39, 0.29) is 11.3 Å². The van der Waals surface area contributed by atoms with Crippen LogP contribution in [0, 0.1) is 0 Å². The first-order chi connectivity index (χ1) is 15.5. The summed E-state index contributed by atoms with van der Waals surface area (Å²) in [7, 11) is 0. The van der Waals surface area contributed by atoms with Crippen LogP contribution in [-0.2, 0) is 9.59 Å². The summed E-state index contributed by atoms with van der Waals surface area (Å²) in [5.74, 6) is -0.875. The number of Topliss-reactive ketones (excluding diaryl/α,β-unsaturated/α-hetero) is 1. The Kier molecular flexibility index (Phi) is 7.78. The van der Waals surface area contributed by atoms with E-state index in [9.17, 15) is 14.7 Å². The first-order valence-electron chi connectivity index (χ1n) is 10.8. The van der Waals surface area contributed by atoms with Gasteiger partial charge in [-0.15, -0.1) is 0 Å². The first-order valence-corrected chi connectivity index (χ1v) is 10.8. The molecule has 1 fully saturated rings. The largest absolute Gasteiger partial charge is 0.507 e. The van der Waals surface area contributed by atoms with Crippen LogP contribution in [0.15, 0.2) is 67.0 Å². The van der Waals surface area contributed by atoms with E-state index < -0.39 is 17.7 Å². The summed E-state index contributed by atoms with van der Waals surface area (Å²) < 4.78 is 5.48. The number of pyridine rings is 1. The molecule has 0 bridgehead atoms. The minimum Gasteiger partial charge on any atom is -0.507 e. The summed E-state index contributed by atoms with van der Waals surface area (Å²) in [4.78, 5) is 33.8. The summed E-state index contributed by atoms with van der Waals surface area (Å²) in [5, 5.41) is 11.1. The number of carbonyl (C=O) groups is 2. The van der Waals surface area contributed by atoms with Gasteiger partial charge in [-0.1, -0.05) is 26.5 Å². The molecule has 32 heavy (non-hydrogen) atoms. The Morgan fingerprint density at radius 2 is 1.81 bits per heavy atom. The third-order valence-electron chi connectivity index (χ3n) is 5.61. The van der Waals surface area contributed by atoms with Gasteiger partial charge in [0.2, 0.25) is 0 Å². The van der Waals surface area contributed by atoms with E-state index in [0.29, 0.717) is 31.0 Å². The first kappa shape index (κ1) is 23.2. The van der Waals surface area contributed by atoms with Gasteiger partial charge in [0.05, 0.1) is 11.6 Å². The van der Waals surface area contributed by atoms with Gasteiger partial charge in [-0.2, -0.15) is 0 Å². The maximum absolute atomic E-state index is 13.0. The van der Waals surface area contributed by atoms with Crippen molar-refractivity contribution in [2.24, 2.45) is 0 Å². The molecular formula is C25H29N3O4. The number of carbonyl (C=O) groups excluding carboxylic acids is 2. The van der Waals surface area contributed by atoms with Crippen molar-refractivity contribution in [3.8, 4) is 5.75 Å². The van der Waals surface area contributed by atoms with Gasteiger partial charge in [-0.25, -0.2) is 0 Å². The van der Waals surface area contributed by atoms with Crippen molar-refractivity contribution in [3.63, 3.8) is 0 Å². The lowest BCUT2D eigenvalue weighted by molar-refractivity contribution is -0.140. The van der Waals surface area contributed by atoms with Crippen molar-refractivity contribution < 1.29 is 19.4 Å². The van der Waals surface area contributed by atoms with E-state index in [1.807, 2.05) is 0 Å². The Bertz CT molecular complexity index is 982. The molecule has 0 unspecified atom stereocenters. The second kappa shape index (κ2) is 10.7. The fourth-order valence-electron chi connectivity index (χ4n) is 3.81. The zero-order valence-corrected chi connectivity index (χ0v) is 18.5. The predicted molar refractivity (Wildman–Crippen MR) is 123 cm³/mol. The van der Waals surface area contributed by atoms with Crippen LogP contribution in [-0.4, -0.2) is 64.4 Å². The molecule has 168 valence electrons. The maximum atomic E-state index is 13.0. The number of hydrogen-bond donors (Lipinski definition) is 1. The number of ketones is 1. The monoisotopic (exact) mass is 435 g/mol. The number of aliphatic hydroxyl groups excluding tert-OH is 1. The highest BCUT2D eigenvalue weighted by Gasteiger charge is 2.45. The zero-order chi connectivity index (χ0) is 23.1. The zero-order valence-electron chi connectivity index (χ0n) is 18.5. The predicted octanol–water partition coefficient (Wildman–Crippen LogP) is 3.41. The molecule has 1 aromatic heterocycles. The van der Waals surface area contributed by atoms with Crippen LogP contribution in [0.3, 0.4) is 0 Å². The average Bonchev–Trinajstić information content (AvgIpc) is 3.08. The SMILES string of the molecule is C=CCOc1ccc(C(O)=C2C(=O)C(=O)N(CCN(CC)CC)[C@@H]2c2ccncc2)cc1. The lowest BCUT2D eigenvalue weighted by Crippen LogP contribution is -2.38. The van der Waals surface area contributed by atoms with Crippen molar-refractivity contribution in [3.05, 3.63) is 78.1 Å². The molecule has 7 nitrogen and oxygen atoms in total. The summed E-state index contributed by atoms with van der Waals surface area (Å²) in [5.41, 5.74) is 1.25. The molecule has 2 aromatic rings. The van der Waals surface area contributed by atoms with Crippen molar-refractivity contribution in [2.75, 3.05) is 32.8 Å². The number of aliphatic hydroxyl groups is 1. The number of rotatable bonds is 10. The van der Waals surface area contributed by atoms with Gasteiger partial charge in [0.25, 0.3) is 11.7 Å². The average molecular weight is 436 g/mol. The molecule has 0 spiro atoms. The maximum Gasteiger partial charge on any atom is 0.295 e. The van der Waals surface area contributed by atoms with E-state index >= 15 is 0 Å². The van der Waals surface area contributed by atoms with E-state index in [2.05, 4.69) is 30.3 Å². The van der Waals surface area contributed by atoms with Gasteiger partial charge >= 0.3 is 0 Å². The number of benzene rings is 1. The molecule has 0 aliphatic carbocycles. The Hall–Kier alpha value is -3.45. The van der Waals surface area contributed by atoms with Crippen LogP contribution in [0.2, 0.25) is 0 Å². The van der Waals surface area contributed by atoms with Crippen LogP contribution < -0.4 is 4.74 Å². The van der Waals surface area contributed by atoms with E-state index in [0.717, 1.165) is 18.7 Å². The molecule has 1 atom stereocenters. The lowest BCUT2D eigenvalue weighted by atomic mass is 9.96. The molecule has 0 saturated carbocycles. The second-order valence-electron chi connectivity index (χ2n) is 7.42.